The van der Waals surface area contributed by atoms with E-state index in [1.165, 1.54) is 6.08 Å². The lowest BCUT2D eigenvalue weighted by Crippen LogP contribution is -2.59. The van der Waals surface area contributed by atoms with Gasteiger partial charge in [0.2, 0.25) is 5.91 Å². The fourth-order valence-corrected chi connectivity index (χ4v) is 2.19. The summed E-state index contributed by atoms with van der Waals surface area (Å²) in [5.74, 6) is 0.456. The zero-order chi connectivity index (χ0) is 14.7. The summed E-state index contributed by atoms with van der Waals surface area (Å²) in [6.07, 6.45) is 1.54. The molecule has 100 valence electrons. The number of nitrogens with zero attached hydrogens (tertiary/aromatic N) is 3. The number of hydrogen-bond donors (Lipinski definition) is 0. The molecule has 2 atom stereocenters. The van der Waals surface area contributed by atoms with Gasteiger partial charge in [-0.3, -0.25) is 4.79 Å². The maximum atomic E-state index is 12.0. The van der Waals surface area contributed by atoms with Gasteiger partial charge in [-0.15, -0.1) is 0 Å². The van der Waals surface area contributed by atoms with Crippen molar-refractivity contribution < 1.29 is 9.53 Å². The molecule has 1 saturated heterocycles. The topological polar surface area (TPSA) is 77.1 Å². The third kappa shape index (κ3) is 2.22. The average Bonchev–Trinajstić information content (AvgIpc) is 2.51. The first kappa shape index (κ1) is 13.6. The molecule has 1 fully saturated rings. The highest BCUT2D eigenvalue weighted by Gasteiger charge is 2.43. The third-order valence-corrected chi connectivity index (χ3v) is 3.37. The van der Waals surface area contributed by atoms with E-state index in [0.29, 0.717) is 5.75 Å². The molecule has 5 heteroatoms. The Morgan fingerprint density at radius 3 is 2.40 bits per heavy atom. The maximum absolute atomic E-state index is 12.0. The van der Waals surface area contributed by atoms with Crippen molar-refractivity contribution in [2.45, 2.75) is 13.0 Å². The van der Waals surface area contributed by atoms with Crippen LogP contribution >= 0.6 is 0 Å². The SMILES string of the molecule is COc1ccc(N2C(=O)[C@@H](C)[C@@H]2C=C(C#N)C#N)cc1. The van der Waals surface area contributed by atoms with Crippen molar-refractivity contribution in [3.8, 4) is 17.9 Å². The molecule has 0 radical (unpaired) electrons. The Morgan fingerprint density at radius 1 is 1.30 bits per heavy atom. The number of amides is 1. The van der Waals surface area contributed by atoms with Gasteiger partial charge in [0.15, 0.2) is 0 Å². The van der Waals surface area contributed by atoms with Crippen molar-refractivity contribution in [2.24, 2.45) is 5.92 Å². The number of ether oxygens (including phenoxy) is 1. The molecule has 1 aliphatic heterocycles. The van der Waals surface area contributed by atoms with E-state index < -0.39 is 0 Å². The minimum Gasteiger partial charge on any atom is -0.497 e. The highest BCUT2D eigenvalue weighted by Crippen LogP contribution is 2.34. The number of anilines is 1. The summed E-state index contributed by atoms with van der Waals surface area (Å²) in [4.78, 5) is 13.6. The summed E-state index contributed by atoms with van der Waals surface area (Å²) in [5.41, 5.74) is 0.748. The minimum absolute atomic E-state index is 0.0212. The second-order valence-corrected chi connectivity index (χ2v) is 4.49. The van der Waals surface area contributed by atoms with Crippen molar-refractivity contribution in [1.29, 1.82) is 10.5 Å². The van der Waals surface area contributed by atoms with E-state index in [9.17, 15) is 4.79 Å². The number of carbonyl (C=O) groups is 1. The highest BCUT2D eigenvalue weighted by molar-refractivity contribution is 6.03. The van der Waals surface area contributed by atoms with Crippen LogP contribution in [0.25, 0.3) is 0 Å². The van der Waals surface area contributed by atoms with Gasteiger partial charge in [0.05, 0.1) is 19.1 Å². The van der Waals surface area contributed by atoms with Gasteiger partial charge in [-0.2, -0.15) is 10.5 Å². The summed E-state index contributed by atoms with van der Waals surface area (Å²) in [6, 6.07) is 10.5. The Hall–Kier alpha value is -2.79. The first-order chi connectivity index (χ1) is 9.62. The second-order valence-electron chi connectivity index (χ2n) is 4.49. The van der Waals surface area contributed by atoms with Crippen molar-refractivity contribution >= 4 is 11.6 Å². The number of methoxy groups -OCH3 is 1. The lowest BCUT2D eigenvalue weighted by atomic mass is 9.87. The van der Waals surface area contributed by atoms with Crippen LogP contribution < -0.4 is 9.64 Å². The fourth-order valence-electron chi connectivity index (χ4n) is 2.19. The molecule has 0 saturated carbocycles. The van der Waals surface area contributed by atoms with E-state index in [0.717, 1.165) is 5.69 Å². The summed E-state index contributed by atoms with van der Waals surface area (Å²) < 4.78 is 5.07. The number of carbonyl (C=O) groups excluding carboxylic acids is 1. The zero-order valence-electron chi connectivity index (χ0n) is 11.2. The van der Waals surface area contributed by atoms with Crippen LogP contribution in [0.1, 0.15) is 6.92 Å². The monoisotopic (exact) mass is 267 g/mol. The quantitative estimate of drug-likeness (QED) is 0.620. The summed E-state index contributed by atoms with van der Waals surface area (Å²) >= 11 is 0. The molecule has 1 amide bonds. The Morgan fingerprint density at radius 2 is 1.90 bits per heavy atom. The van der Waals surface area contributed by atoms with Crippen LogP contribution in [-0.4, -0.2) is 19.1 Å². The third-order valence-electron chi connectivity index (χ3n) is 3.37. The van der Waals surface area contributed by atoms with Crippen molar-refractivity contribution in [1.82, 2.24) is 0 Å². The smallest absolute Gasteiger partial charge is 0.232 e. The Bertz CT molecular complexity index is 619. The molecule has 0 bridgehead atoms. The molecular weight excluding hydrogens is 254 g/mol. The molecule has 0 spiro atoms. The van der Waals surface area contributed by atoms with E-state index in [2.05, 4.69) is 0 Å². The Labute approximate surface area is 117 Å². The van der Waals surface area contributed by atoms with E-state index in [1.54, 1.807) is 43.2 Å². The van der Waals surface area contributed by atoms with Crippen LogP contribution in [0.3, 0.4) is 0 Å². The number of benzene rings is 1. The predicted molar refractivity (Wildman–Crippen MR) is 72.7 cm³/mol. The van der Waals surface area contributed by atoms with Crippen LogP contribution in [-0.2, 0) is 4.79 Å². The molecule has 1 aliphatic rings. The number of rotatable bonds is 3. The lowest BCUT2D eigenvalue weighted by Gasteiger charge is -2.44. The predicted octanol–water partition coefficient (Wildman–Crippen LogP) is 2.02. The van der Waals surface area contributed by atoms with Crippen LogP contribution in [0.4, 0.5) is 5.69 Å². The molecule has 0 unspecified atom stereocenters. The normalized spacial score (nSPS) is 20.4. The molecule has 0 aromatic heterocycles. The van der Waals surface area contributed by atoms with E-state index in [-0.39, 0.29) is 23.4 Å². The average molecular weight is 267 g/mol. The van der Waals surface area contributed by atoms with Gasteiger partial charge in [-0.25, -0.2) is 0 Å². The highest BCUT2D eigenvalue weighted by atomic mass is 16.5. The zero-order valence-corrected chi connectivity index (χ0v) is 11.2. The molecule has 0 N–H and O–H groups in total. The first-order valence-electron chi connectivity index (χ1n) is 6.11. The molecule has 20 heavy (non-hydrogen) atoms. The van der Waals surface area contributed by atoms with Gasteiger partial charge >= 0.3 is 0 Å². The largest absolute Gasteiger partial charge is 0.497 e. The summed E-state index contributed by atoms with van der Waals surface area (Å²) in [6.45, 7) is 1.79. The van der Waals surface area contributed by atoms with Crippen LogP contribution in [0, 0.1) is 28.6 Å². The lowest BCUT2D eigenvalue weighted by molar-refractivity contribution is -0.128. The number of β-lactam (4-membered cyclic amide) rings is 1. The van der Waals surface area contributed by atoms with Crippen LogP contribution in [0.5, 0.6) is 5.75 Å². The van der Waals surface area contributed by atoms with E-state index in [4.69, 9.17) is 15.3 Å². The fraction of sp³-hybridized carbons (Fsp3) is 0.267. The standard InChI is InChI=1S/C15H13N3O2/c1-10-14(7-11(8-16)9-17)18(15(10)19)12-3-5-13(20-2)6-4-12/h3-7,10,14H,1-2H3/t10-,14-/m0/s1. The van der Waals surface area contributed by atoms with Gasteiger partial charge in [0.1, 0.15) is 23.5 Å². The second kappa shape index (κ2) is 5.46. The van der Waals surface area contributed by atoms with Gasteiger partial charge in [0.25, 0.3) is 0 Å². The summed E-state index contributed by atoms with van der Waals surface area (Å²) in [7, 11) is 1.57. The molecule has 2 rings (SSSR count). The molecule has 1 aromatic rings. The summed E-state index contributed by atoms with van der Waals surface area (Å²) in [5, 5.41) is 17.6. The minimum atomic E-state index is -0.259. The molecule has 1 heterocycles. The van der Waals surface area contributed by atoms with E-state index >= 15 is 0 Å². The maximum Gasteiger partial charge on any atom is 0.232 e. The van der Waals surface area contributed by atoms with Gasteiger partial charge in [-0.05, 0) is 30.3 Å². The Balaban J connectivity index is 2.30. The number of nitriles is 2. The molecule has 1 aromatic carbocycles. The van der Waals surface area contributed by atoms with Crippen molar-refractivity contribution in [2.75, 3.05) is 12.0 Å². The first-order valence-corrected chi connectivity index (χ1v) is 6.11. The van der Waals surface area contributed by atoms with E-state index in [1.807, 2.05) is 12.1 Å². The van der Waals surface area contributed by atoms with Crippen molar-refractivity contribution in [3.05, 3.63) is 35.9 Å². The Kier molecular flexibility index (Phi) is 3.72. The van der Waals surface area contributed by atoms with Crippen LogP contribution in [0.2, 0.25) is 0 Å². The number of allylic oxidation sites excluding steroid dienone is 1. The van der Waals surface area contributed by atoms with Crippen LogP contribution in [0.15, 0.2) is 35.9 Å². The molecule has 5 nitrogen and oxygen atoms in total. The van der Waals surface area contributed by atoms with Crippen molar-refractivity contribution in [3.63, 3.8) is 0 Å². The van der Waals surface area contributed by atoms with Gasteiger partial charge in [0, 0.05) is 5.69 Å². The number of hydrogen-bond acceptors (Lipinski definition) is 4. The molecular formula is C15H13N3O2. The van der Waals surface area contributed by atoms with Gasteiger partial charge in [-0.1, -0.05) is 6.92 Å². The molecule has 0 aliphatic carbocycles. The van der Waals surface area contributed by atoms with Gasteiger partial charge < -0.3 is 9.64 Å².